The quantitative estimate of drug-likeness (QED) is 0.622. The molecule has 4 aliphatic heterocycles. The molecule has 2 unspecified atom stereocenters. The second kappa shape index (κ2) is 9.07. The number of likely N-dealkylation sites (tertiary alicyclic amines) is 2. The number of thiophene rings is 1. The summed E-state index contributed by atoms with van der Waals surface area (Å²) in [6, 6.07) is 2.87. The van der Waals surface area contributed by atoms with Crippen LogP contribution >= 0.6 is 11.3 Å². The molecule has 0 spiro atoms. The first-order valence-corrected chi connectivity index (χ1v) is 13.8. The van der Waals surface area contributed by atoms with Crippen LogP contribution in [0.5, 0.6) is 0 Å². The molecule has 5 aliphatic rings. The highest BCUT2D eigenvalue weighted by Gasteiger charge is 2.41. The molecule has 0 aromatic carbocycles. The zero-order valence-electron chi connectivity index (χ0n) is 19.4. The summed E-state index contributed by atoms with van der Waals surface area (Å²) in [7, 11) is 0. The van der Waals surface area contributed by atoms with Crippen LogP contribution < -0.4 is 25.9 Å². The Morgan fingerprint density at radius 3 is 2.69 bits per heavy atom. The molecule has 1 aliphatic carbocycles. The van der Waals surface area contributed by atoms with Gasteiger partial charge in [-0.2, -0.15) is 0 Å². The van der Waals surface area contributed by atoms with E-state index in [-0.39, 0.29) is 0 Å². The summed E-state index contributed by atoms with van der Waals surface area (Å²) in [5.41, 5.74) is 7.10. The molecular weight excluding hydrogens is 418 g/mol. The fraction of sp³-hybridized carbons (Fsp3) is 0.760. The van der Waals surface area contributed by atoms with Gasteiger partial charge in [-0.05, 0) is 73.6 Å². The summed E-state index contributed by atoms with van der Waals surface area (Å²) in [5.74, 6) is 5.81. The maximum absolute atomic E-state index is 5.55. The summed E-state index contributed by atoms with van der Waals surface area (Å²) in [4.78, 5) is 5.30. The van der Waals surface area contributed by atoms with Crippen LogP contribution in [0.15, 0.2) is 11.4 Å². The Morgan fingerprint density at radius 2 is 1.91 bits per heavy atom. The van der Waals surface area contributed by atoms with E-state index in [1.54, 1.807) is 0 Å². The van der Waals surface area contributed by atoms with Crippen molar-refractivity contribution in [2.45, 2.75) is 51.5 Å². The minimum Gasteiger partial charge on any atom is -0.381 e. The van der Waals surface area contributed by atoms with Gasteiger partial charge < -0.3 is 19.9 Å². The number of fused-ring (bicyclic) bond motifs is 2. The van der Waals surface area contributed by atoms with Gasteiger partial charge in [-0.15, -0.1) is 11.3 Å². The second-order valence-electron chi connectivity index (χ2n) is 10.9. The van der Waals surface area contributed by atoms with E-state index in [1.807, 2.05) is 11.3 Å². The Hall–Kier alpha value is -1.44. The molecule has 0 bridgehead atoms. The van der Waals surface area contributed by atoms with E-state index in [0.717, 1.165) is 50.0 Å². The maximum atomic E-state index is 5.55. The Morgan fingerprint density at radius 1 is 1.09 bits per heavy atom. The summed E-state index contributed by atoms with van der Waals surface area (Å²) in [5, 5.41) is 7.49. The Bertz CT molecular complexity index is 911. The Labute approximate surface area is 196 Å². The average Bonchev–Trinajstić information content (AvgIpc) is 3.50. The number of nitrogens with zero attached hydrogens (tertiary/aromatic N) is 2. The summed E-state index contributed by atoms with van der Waals surface area (Å²) < 4.78 is 6.94. The summed E-state index contributed by atoms with van der Waals surface area (Å²) in [6.07, 6.45) is 7.76. The lowest BCUT2D eigenvalue weighted by Crippen LogP contribution is -2.55. The van der Waals surface area contributed by atoms with Gasteiger partial charge in [0.2, 0.25) is 0 Å². The van der Waals surface area contributed by atoms with Crippen LogP contribution in [0.1, 0.15) is 45.4 Å². The molecule has 0 amide bonds. The van der Waals surface area contributed by atoms with Crippen LogP contribution in [0.4, 0.5) is 0 Å². The van der Waals surface area contributed by atoms with E-state index in [2.05, 4.69) is 44.3 Å². The average molecular weight is 458 g/mol. The van der Waals surface area contributed by atoms with Gasteiger partial charge >= 0.3 is 0 Å². The third-order valence-corrected chi connectivity index (χ3v) is 9.38. The predicted molar refractivity (Wildman–Crippen MR) is 130 cm³/mol. The van der Waals surface area contributed by atoms with Gasteiger partial charge in [0.25, 0.3) is 0 Å². The smallest absolute Gasteiger partial charge is 0.139 e. The monoisotopic (exact) mass is 457 g/mol. The fourth-order valence-corrected chi connectivity index (χ4v) is 7.76. The second-order valence-corrected chi connectivity index (χ2v) is 11.9. The number of rotatable bonds is 5. The SMILES string of the molecule is C[C@H]1CCCN(C2=c3sccc3=C(NC3CC4CN(CC5CCOCC5)C[C@H]4C3)NN2)C1. The predicted octanol–water partition coefficient (Wildman–Crippen LogP) is 1.45. The molecule has 5 heterocycles. The van der Waals surface area contributed by atoms with Crippen LogP contribution in [0.2, 0.25) is 0 Å². The van der Waals surface area contributed by atoms with Gasteiger partial charge in [-0.3, -0.25) is 10.9 Å². The highest BCUT2D eigenvalue weighted by molar-refractivity contribution is 7.07. The molecular formula is C25H39N5OS. The van der Waals surface area contributed by atoms with Gasteiger partial charge in [0.15, 0.2) is 0 Å². The molecule has 3 N–H and O–H groups in total. The van der Waals surface area contributed by atoms with Crippen LogP contribution in [-0.2, 0) is 4.74 Å². The van der Waals surface area contributed by atoms with Crippen molar-refractivity contribution in [3.8, 4) is 0 Å². The van der Waals surface area contributed by atoms with E-state index in [1.165, 1.54) is 79.6 Å². The van der Waals surface area contributed by atoms with E-state index in [4.69, 9.17) is 4.74 Å². The Kier molecular flexibility index (Phi) is 5.99. The molecule has 1 aromatic rings. The zero-order valence-corrected chi connectivity index (χ0v) is 20.3. The van der Waals surface area contributed by atoms with Crippen molar-refractivity contribution in [2.24, 2.45) is 23.7 Å². The molecule has 32 heavy (non-hydrogen) atoms. The van der Waals surface area contributed by atoms with Gasteiger partial charge in [-0.1, -0.05) is 6.92 Å². The van der Waals surface area contributed by atoms with Crippen molar-refractivity contribution >= 4 is 23.0 Å². The lowest BCUT2D eigenvalue weighted by Gasteiger charge is -2.36. The summed E-state index contributed by atoms with van der Waals surface area (Å²) >= 11 is 1.87. The van der Waals surface area contributed by atoms with Crippen molar-refractivity contribution in [1.82, 2.24) is 26.0 Å². The molecule has 4 fully saturated rings. The molecule has 4 atom stereocenters. The van der Waals surface area contributed by atoms with E-state index < -0.39 is 0 Å². The number of nitrogens with one attached hydrogen (secondary N) is 3. The normalized spacial score (nSPS) is 33.6. The van der Waals surface area contributed by atoms with E-state index in [9.17, 15) is 0 Å². The first kappa shape index (κ1) is 21.1. The van der Waals surface area contributed by atoms with Gasteiger partial charge in [0, 0.05) is 57.2 Å². The maximum Gasteiger partial charge on any atom is 0.139 e. The standard InChI is InChI=1S/C25H39N5OS/c1-17-3-2-7-30(13-17)25-23-22(6-10-32-23)24(27-28-25)26-21-11-19-15-29(16-20(19)12-21)14-18-4-8-31-9-5-18/h6,10,17-21,26-28H,2-5,7-9,11-16H2,1H3/t17-,19+,20?,21?/m0/s1. The topological polar surface area (TPSA) is 51.8 Å². The van der Waals surface area contributed by atoms with Gasteiger partial charge in [0.1, 0.15) is 11.6 Å². The number of hydrazine groups is 1. The third-order valence-electron chi connectivity index (χ3n) is 8.46. The molecule has 6 rings (SSSR count). The lowest BCUT2D eigenvalue weighted by atomic mass is 10.00. The number of hydrogen-bond acceptors (Lipinski definition) is 7. The molecule has 3 saturated heterocycles. The number of piperidine rings is 1. The van der Waals surface area contributed by atoms with E-state index >= 15 is 0 Å². The molecule has 1 aromatic heterocycles. The number of ether oxygens (including phenoxy) is 1. The van der Waals surface area contributed by atoms with E-state index in [0.29, 0.717) is 6.04 Å². The van der Waals surface area contributed by atoms with Crippen LogP contribution in [0.25, 0.3) is 11.6 Å². The highest BCUT2D eigenvalue weighted by atomic mass is 32.1. The summed E-state index contributed by atoms with van der Waals surface area (Å²) in [6.45, 7) is 10.5. The van der Waals surface area contributed by atoms with Gasteiger partial charge in [-0.25, -0.2) is 0 Å². The van der Waals surface area contributed by atoms with Crippen molar-refractivity contribution in [1.29, 1.82) is 0 Å². The van der Waals surface area contributed by atoms with Crippen molar-refractivity contribution < 1.29 is 4.74 Å². The van der Waals surface area contributed by atoms with Crippen molar-refractivity contribution in [3.63, 3.8) is 0 Å². The molecule has 176 valence electrons. The highest BCUT2D eigenvalue weighted by Crippen LogP contribution is 2.39. The zero-order chi connectivity index (χ0) is 21.5. The first-order chi connectivity index (χ1) is 15.7. The minimum atomic E-state index is 0.587. The molecule has 0 radical (unpaired) electrons. The fourth-order valence-electron chi connectivity index (χ4n) is 6.83. The lowest BCUT2D eigenvalue weighted by molar-refractivity contribution is 0.0545. The van der Waals surface area contributed by atoms with Crippen LogP contribution in [0.3, 0.4) is 0 Å². The molecule has 7 heteroatoms. The largest absolute Gasteiger partial charge is 0.381 e. The van der Waals surface area contributed by atoms with Crippen molar-refractivity contribution in [2.75, 3.05) is 45.9 Å². The van der Waals surface area contributed by atoms with Crippen LogP contribution in [0, 0.1) is 23.7 Å². The minimum absolute atomic E-state index is 0.587. The molecule has 1 saturated carbocycles. The van der Waals surface area contributed by atoms with Crippen LogP contribution in [-0.4, -0.2) is 61.8 Å². The van der Waals surface area contributed by atoms with Gasteiger partial charge in [0.05, 0.1) is 4.53 Å². The number of hydrogen-bond donors (Lipinski definition) is 3. The van der Waals surface area contributed by atoms with Crippen molar-refractivity contribution in [3.05, 3.63) is 21.2 Å². The first-order valence-electron chi connectivity index (χ1n) is 12.9. The Balaban J connectivity index is 1.11. The third kappa shape index (κ3) is 4.24. The molecule has 6 nitrogen and oxygen atoms in total.